The number of para-hydroxylation sites is 1. The molecule has 25 heavy (non-hydrogen) atoms. The normalized spacial score (nSPS) is 11.6. The smallest absolute Gasteiger partial charge is 0.171 e. The summed E-state index contributed by atoms with van der Waals surface area (Å²) in [7, 11) is 0. The van der Waals surface area contributed by atoms with E-state index >= 15 is 0 Å². The van der Waals surface area contributed by atoms with Crippen LogP contribution in [-0.2, 0) is 0 Å². The molecule has 3 aromatic rings. The summed E-state index contributed by atoms with van der Waals surface area (Å²) in [6.07, 6.45) is 0. The summed E-state index contributed by atoms with van der Waals surface area (Å²) in [4.78, 5) is 0. The lowest BCUT2D eigenvalue weighted by Crippen LogP contribution is -2.33. The van der Waals surface area contributed by atoms with E-state index in [1.807, 2.05) is 36.4 Å². The predicted octanol–water partition coefficient (Wildman–Crippen LogP) is 5.21. The molecule has 0 saturated heterocycles. The Bertz CT molecular complexity index is 865. The van der Waals surface area contributed by atoms with Gasteiger partial charge in [0.15, 0.2) is 5.11 Å². The number of aryl methyl sites for hydroxylation is 1. The maximum atomic E-state index is 13.8. The van der Waals surface area contributed by atoms with Crippen LogP contribution in [0.2, 0.25) is 0 Å². The predicted molar refractivity (Wildman–Crippen MR) is 105 cm³/mol. The Morgan fingerprint density at radius 1 is 0.880 bits per heavy atom. The van der Waals surface area contributed by atoms with Gasteiger partial charge in [0.25, 0.3) is 0 Å². The summed E-state index contributed by atoms with van der Waals surface area (Å²) >= 11 is 5.42. The van der Waals surface area contributed by atoms with Gasteiger partial charge in [-0.05, 0) is 42.4 Å². The minimum absolute atomic E-state index is 0.118. The van der Waals surface area contributed by atoms with Gasteiger partial charge < -0.3 is 10.6 Å². The quantitative estimate of drug-likeness (QED) is 0.632. The highest BCUT2D eigenvalue weighted by molar-refractivity contribution is 7.80. The van der Waals surface area contributed by atoms with E-state index in [0.29, 0.717) is 10.8 Å². The minimum atomic E-state index is -0.335. The van der Waals surface area contributed by atoms with Gasteiger partial charge in [-0.25, -0.2) is 4.39 Å². The fourth-order valence-corrected chi connectivity index (χ4v) is 2.93. The molecule has 0 unspecified atom stereocenters. The Kier molecular flexibility index (Phi) is 5.41. The van der Waals surface area contributed by atoms with Crippen molar-refractivity contribution in [3.05, 3.63) is 101 Å². The van der Waals surface area contributed by atoms with Crippen molar-refractivity contribution in [3.63, 3.8) is 0 Å². The second-order valence-corrected chi connectivity index (χ2v) is 6.24. The Labute approximate surface area is 152 Å². The molecule has 2 nitrogen and oxygen atoms in total. The van der Waals surface area contributed by atoms with Crippen LogP contribution in [0.3, 0.4) is 0 Å². The number of thiocarbonyl (C=S) groups is 1. The largest absolute Gasteiger partial charge is 0.352 e. The van der Waals surface area contributed by atoms with Crippen molar-refractivity contribution in [2.75, 3.05) is 5.32 Å². The highest BCUT2D eigenvalue weighted by Crippen LogP contribution is 2.23. The number of benzene rings is 3. The number of rotatable bonds is 4. The van der Waals surface area contributed by atoms with E-state index in [1.165, 1.54) is 11.6 Å². The summed E-state index contributed by atoms with van der Waals surface area (Å²) in [5.74, 6) is -0.335. The van der Waals surface area contributed by atoms with E-state index in [-0.39, 0.29) is 11.9 Å². The number of nitrogens with one attached hydrogen (secondary N) is 2. The van der Waals surface area contributed by atoms with Gasteiger partial charge in [-0.15, -0.1) is 0 Å². The zero-order valence-corrected chi connectivity index (χ0v) is 14.7. The summed E-state index contributed by atoms with van der Waals surface area (Å²) in [5, 5.41) is 6.62. The van der Waals surface area contributed by atoms with Gasteiger partial charge in [-0.2, -0.15) is 0 Å². The molecular formula is C21H19FN2S. The number of hydrogen-bond donors (Lipinski definition) is 2. The second-order valence-electron chi connectivity index (χ2n) is 5.84. The molecule has 0 radical (unpaired) electrons. The van der Waals surface area contributed by atoms with Gasteiger partial charge in [-0.3, -0.25) is 0 Å². The zero-order chi connectivity index (χ0) is 17.6. The third kappa shape index (κ3) is 4.43. The Morgan fingerprint density at radius 3 is 2.28 bits per heavy atom. The second kappa shape index (κ2) is 7.90. The number of hydrogen-bond acceptors (Lipinski definition) is 1. The van der Waals surface area contributed by atoms with Gasteiger partial charge in [0.05, 0.1) is 11.7 Å². The molecule has 0 aliphatic carbocycles. The first-order chi connectivity index (χ1) is 12.1. The zero-order valence-electron chi connectivity index (χ0n) is 13.9. The fraction of sp³-hybridized carbons (Fsp3) is 0.0952. The SMILES string of the molecule is Cc1cccc([C@H](NC(=S)Nc2ccccc2F)c2ccccc2)c1. The van der Waals surface area contributed by atoms with E-state index < -0.39 is 0 Å². The van der Waals surface area contributed by atoms with Crippen molar-refractivity contribution in [1.82, 2.24) is 5.32 Å². The topological polar surface area (TPSA) is 24.1 Å². The monoisotopic (exact) mass is 350 g/mol. The third-order valence-corrected chi connectivity index (χ3v) is 4.13. The van der Waals surface area contributed by atoms with Crippen LogP contribution in [0, 0.1) is 12.7 Å². The molecule has 1 atom stereocenters. The minimum Gasteiger partial charge on any atom is -0.352 e. The van der Waals surface area contributed by atoms with Gasteiger partial charge in [0.2, 0.25) is 0 Å². The van der Waals surface area contributed by atoms with Crippen molar-refractivity contribution in [2.24, 2.45) is 0 Å². The molecule has 0 spiro atoms. The Hall–Kier alpha value is -2.72. The van der Waals surface area contributed by atoms with Crippen molar-refractivity contribution < 1.29 is 4.39 Å². The molecule has 3 aromatic carbocycles. The molecule has 0 aromatic heterocycles. The summed E-state index contributed by atoms with van der Waals surface area (Å²) < 4.78 is 13.8. The van der Waals surface area contributed by atoms with Crippen LogP contribution in [0.4, 0.5) is 10.1 Å². The van der Waals surface area contributed by atoms with Crippen LogP contribution < -0.4 is 10.6 Å². The first-order valence-electron chi connectivity index (χ1n) is 8.07. The van der Waals surface area contributed by atoms with Crippen molar-refractivity contribution in [2.45, 2.75) is 13.0 Å². The van der Waals surface area contributed by atoms with E-state index in [2.05, 4.69) is 35.8 Å². The van der Waals surface area contributed by atoms with Crippen LogP contribution in [0.5, 0.6) is 0 Å². The third-order valence-electron chi connectivity index (χ3n) is 3.91. The molecule has 0 saturated carbocycles. The number of halogens is 1. The van der Waals surface area contributed by atoms with Gasteiger partial charge >= 0.3 is 0 Å². The van der Waals surface area contributed by atoms with E-state index in [0.717, 1.165) is 11.1 Å². The van der Waals surface area contributed by atoms with Crippen molar-refractivity contribution in [1.29, 1.82) is 0 Å². The number of anilines is 1. The standard InChI is InChI=1S/C21H19FN2S/c1-15-8-7-11-17(14-15)20(16-9-3-2-4-10-16)24-21(25)23-19-13-6-5-12-18(19)22/h2-14,20H,1H3,(H2,23,24,25)/t20-/m1/s1. The van der Waals surface area contributed by atoms with Crippen molar-refractivity contribution >= 4 is 23.0 Å². The van der Waals surface area contributed by atoms with Crippen LogP contribution in [0.25, 0.3) is 0 Å². The Morgan fingerprint density at radius 2 is 1.56 bits per heavy atom. The van der Waals surface area contributed by atoms with Crippen LogP contribution in [0.15, 0.2) is 78.9 Å². The first kappa shape index (κ1) is 17.1. The lowest BCUT2D eigenvalue weighted by atomic mass is 9.97. The Balaban J connectivity index is 1.85. The summed E-state index contributed by atoms with van der Waals surface area (Å²) in [5.41, 5.74) is 3.72. The van der Waals surface area contributed by atoms with Gasteiger partial charge in [0.1, 0.15) is 5.82 Å². The molecule has 0 amide bonds. The molecule has 0 heterocycles. The first-order valence-corrected chi connectivity index (χ1v) is 8.48. The maximum Gasteiger partial charge on any atom is 0.171 e. The van der Waals surface area contributed by atoms with Crippen LogP contribution >= 0.6 is 12.2 Å². The molecule has 0 aliphatic heterocycles. The van der Waals surface area contributed by atoms with E-state index in [4.69, 9.17) is 12.2 Å². The molecule has 2 N–H and O–H groups in total. The van der Waals surface area contributed by atoms with Crippen LogP contribution in [0.1, 0.15) is 22.7 Å². The molecule has 4 heteroatoms. The van der Waals surface area contributed by atoms with Crippen LogP contribution in [-0.4, -0.2) is 5.11 Å². The average Bonchev–Trinajstić information content (AvgIpc) is 2.62. The van der Waals surface area contributed by atoms with E-state index in [9.17, 15) is 4.39 Å². The fourth-order valence-electron chi connectivity index (χ4n) is 2.71. The summed E-state index contributed by atoms with van der Waals surface area (Å²) in [6, 6.07) is 24.7. The van der Waals surface area contributed by atoms with E-state index in [1.54, 1.807) is 18.2 Å². The molecule has 3 rings (SSSR count). The molecule has 0 fully saturated rings. The highest BCUT2D eigenvalue weighted by atomic mass is 32.1. The molecule has 126 valence electrons. The van der Waals surface area contributed by atoms with Gasteiger partial charge in [0, 0.05) is 0 Å². The molecule has 0 aliphatic rings. The van der Waals surface area contributed by atoms with Gasteiger partial charge in [-0.1, -0.05) is 72.3 Å². The highest BCUT2D eigenvalue weighted by Gasteiger charge is 2.15. The maximum absolute atomic E-state index is 13.8. The lowest BCUT2D eigenvalue weighted by Gasteiger charge is -2.22. The molecule has 0 bridgehead atoms. The average molecular weight is 350 g/mol. The summed E-state index contributed by atoms with van der Waals surface area (Å²) in [6.45, 7) is 2.06. The lowest BCUT2D eigenvalue weighted by molar-refractivity contribution is 0.632. The van der Waals surface area contributed by atoms with Crippen molar-refractivity contribution in [3.8, 4) is 0 Å². The molecular weight excluding hydrogens is 331 g/mol.